The number of benzene rings is 2. The SMILES string of the molecule is O=C(NC1CCCCC1)[C@H](c1ccc(F)cc1)N(C(=O)c1cccs1)c1ccc2c(c1)OCO2. The van der Waals surface area contributed by atoms with Gasteiger partial charge in [0.05, 0.1) is 4.88 Å². The first-order valence-electron chi connectivity index (χ1n) is 11.4. The molecule has 1 fully saturated rings. The lowest BCUT2D eigenvalue weighted by Gasteiger charge is -2.33. The highest BCUT2D eigenvalue weighted by molar-refractivity contribution is 7.12. The predicted octanol–water partition coefficient (Wildman–Crippen LogP) is 5.45. The van der Waals surface area contributed by atoms with Crippen molar-refractivity contribution < 1.29 is 23.5 Å². The Morgan fingerprint density at radius 1 is 1.00 bits per heavy atom. The molecule has 0 saturated heterocycles. The van der Waals surface area contributed by atoms with Gasteiger partial charge in [-0.05, 0) is 54.1 Å². The summed E-state index contributed by atoms with van der Waals surface area (Å²) in [6.07, 6.45) is 5.10. The number of amides is 2. The summed E-state index contributed by atoms with van der Waals surface area (Å²) in [5, 5.41) is 4.98. The Morgan fingerprint density at radius 3 is 2.50 bits per heavy atom. The average molecular weight is 481 g/mol. The van der Waals surface area contributed by atoms with E-state index in [1.54, 1.807) is 42.5 Å². The minimum absolute atomic E-state index is 0.0552. The van der Waals surface area contributed by atoms with E-state index in [1.807, 2.05) is 5.38 Å². The van der Waals surface area contributed by atoms with Crippen molar-refractivity contribution in [1.29, 1.82) is 0 Å². The van der Waals surface area contributed by atoms with Crippen molar-refractivity contribution in [3.63, 3.8) is 0 Å². The number of ether oxygens (including phenoxy) is 2. The summed E-state index contributed by atoms with van der Waals surface area (Å²) in [6, 6.07) is 13.5. The van der Waals surface area contributed by atoms with E-state index in [-0.39, 0.29) is 24.6 Å². The molecule has 176 valence electrons. The highest BCUT2D eigenvalue weighted by atomic mass is 32.1. The molecule has 8 heteroatoms. The van der Waals surface area contributed by atoms with Crippen LogP contribution in [0.1, 0.15) is 53.4 Å². The maximum absolute atomic E-state index is 13.8. The van der Waals surface area contributed by atoms with Gasteiger partial charge >= 0.3 is 0 Å². The lowest BCUT2D eigenvalue weighted by atomic mass is 9.94. The standard InChI is InChI=1S/C26H25FN2O4S/c27-18-10-8-17(9-11-18)24(25(30)28-19-5-2-1-3-6-19)29(26(31)23-7-4-14-34-23)20-12-13-21-22(15-20)33-16-32-21/h4,7-15,19,24H,1-3,5-6,16H2,(H,28,30)/t24-/m0/s1. The largest absolute Gasteiger partial charge is 0.454 e. The van der Waals surface area contributed by atoms with Crippen molar-refractivity contribution in [2.75, 3.05) is 11.7 Å². The fourth-order valence-corrected chi connectivity index (χ4v) is 5.19. The fraction of sp³-hybridized carbons (Fsp3) is 0.308. The third kappa shape index (κ3) is 4.63. The molecular formula is C26H25FN2O4S. The van der Waals surface area contributed by atoms with E-state index in [0.717, 1.165) is 32.1 Å². The number of nitrogens with one attached hydrogen (secondary N) is 1. The third-order valence-electron chi connectivity index (χ3n) is 6.23. The van der Waals surface area contributed by atoms with E-state index in [9.17, 15) is 14.0 Å². The number of halogens is 1. The second-order valence-corrected chi connectivity index (χ2v) is 9.44. The molecule has 1 saturated carbocycles. The number of anilines is 1. The molecule has 0 unspecified atom stereocenters. The van der Waals surface area contributed by atoms with Crippen LogP contribution in [-0.4, -0.2) is 24.6 Å². The summed E-state index contributed by atoms with van der Waals surface area (Å²) >= 11 is 1.30. The molecule has 0 radical (unpaired) electrons. The Bertz CT molecular complexity index is 1160. The minimum atomic E-state index is -0.988. The van der Waals surface area contributed by atoms with Crippen molar-refractivity contribution >= 4 is 28.8 Å². The van der Waals surface area contributed by atoms with E-state index >= 15 is 0 Å². The normalized spacial score (nSPS) is 16.1. The highest BCUT2D eigenvalue weighted by Gasteiger charge is 2.35. The van der Waals surface area contributed by atoms with Gasteiger partial charge in [-0.2, -0.15) is 0 Å². The topological polar surface area (TPSA) is 67.9 Å². The maximum atomic E-state index is 13.8. The van der Waals surface area contributed by atoms with Crippen LogP contribution in [-0.2, 0) is 4.79 Å². The number of hydrogen-bond acceptors (Lipinski definition) is 5. The molecule has 1 aliphatic carbocycles. The van der Waals surface area contributed by atoms with Crippen molar-refractivity contribution in [3.8, 4) is 11.5 Å². The molecular weight excluding hydrogens is 455 g/mol. The summed E-state index contributed by atoms with van der Waals surface area (Å²) in [6.45, 7) is 0.0984. The van der Waals surface area contributed by atoms with Crippen LogP contribution < -0.4 is 19.7 Å². The van der Waals surface area contributed by atoms with Gasteiger partial charge in [0, 0.05) is 17.8 Å². The molecule has 1 N–H and O–H groups in total. The molecule has 0 spiro atoms. The summed E-state index contributed by atoms with van der Waals surface area (Å²) in [5.41, 5.74) is 1.02. The van der Waals surface area contributed by atoms with Crippen molar-refractivity contribution in [2.45, 2.75) is 44.2 Å². The molecule has 0 bridgehead atoms. The van der Waals surface area contributed by atoms with E-state index in [1.165, 1.54) is 28.4 Å². The highest BCUT2D eigenvalue weighted by Crippen LogP contribution is 2.39. The van der Waals surface area contributed by atoms with Gasteiger partial charge in [-0.25, -0.2) is 4.39 Å². The monoisotopic (exact) mass is 480 g/mol. The van der Waals surface area contributed by atoms with Crippen LogP contribution in [0, 0.1) is 5.82 Å². The zero-order valence-electron chi connectivity index (χ0n) is 18.5. The van der Waals surface area contributed by atoms with E-state index in [4.69, 9.17) is 9.47 Å². The van der Waals surface area contributed by atoms with Gasteiger partial charge in [-0.1, -0.05) is 37.5 Å². The van der Waals surface area contributed by atoms with E-state index < -0.39 is 11.9 Å². The number of carbonyl (C=O) groups is 2. The number of carbonyl (C=O) groups excluding carboxylic acids is 2. The first kappa shape index (κ1) is 22.4. The molecule has 1 atom stereocenters. The summed E-state index contributed by atoms with van der Waals surface area (Å²) in [5.74, 6) is 0.0711. The number of thiophene rings is 1. The lowest BCUT2D eigenvalue weighted by molar-refractivity contribution is -0.123. The third-order valence-corrected chi connectivity index (χ3v) is 7.09. The fourth-order valence-electron chi connectivity index (χ4n) is 4.53. The van der Waals surface area contributed by atoms with E-state index in [2.05, 4.69) is 5.32 Å². The smallest absolute Gasteiger partial charge is 0.269 e. The molecule has 2 aromatic carbocycles. The van der Waals surface area contributed by atoms with Crippen LogP contribution in [0.15, 0.2) is 60.0 Å². The zero-order valence-corrected chi connectivity index (χ0v) is 19.4. The predicted molar refractivity (Wildman–Crippen MR) is 128 cm³/mol. The van der Waals surface area contributed by atoms with Crippen molar-refractivity contribution in [1.82, 2.24) is 5.32 Å². The molecule has 2 heterocycles. The Balaban J connectivity index is 1.58. The Hall–Kier alpha value is -3.39. The molecule has 6 nitrogen and oxygen atoms in total. The number of rotatable bonds is 6. The van der Waals surface area contributed by atoms with Crippen LogP contribution in [0.3, 0.4) is 0 Å². The molecule has 3 aromatic rings. The van der Waals surface area contributed by atoms with Gasteiger partial charge in [-0.3, -0.25) is 14.5 Å². The molecule has 34 heavy (non-hydrogen) atoms. The number of nitrogens with zero attached hydrogens (tertiary/aromatic N) is 1. The summed E-state index contributed by atoms with van der Waals surface area (Å²) in [4.78, 5) is 29.5. The lowest BCUT2D eigenvalue weighted by Crippen LogP contribution is -2.47. The first-order chi connectivity index (χ1) is 16.6. The van der Waals surface area contributed by atoms with Crippen LogP contribution in [0.5, 0.6) is 11.5 Å². The van der Waals surface area contributed by atoms with Crippen LogP contribution in [0.25, 0.3) is 0 Å². The van der Waals surface area contributed by atoms with Gasteiger partial charge in [-0.15, -0.1) is 11.3 Å². The van der Waals surface area contributed by atoms with Gasteiger partial charge in [0.15, 0.2) is 11.5 Å². The molecule has 1 aromatic heterocycles. The van der Waals surface area contributed by atoms with Gasteiger partial charge < -0.3 is 14.8 Å². The van der Waals surface area contributed by atoms with E-state index in [0.29, 0.717) is 27.6 Å². The quantitative estimate of drug-likeness (QED) is 0.509. The van der Waals surface area contributed by atoms with Crippen LogP contribution in [0.4, 0.5) is 10.1 Å². The molecule has 5 rings (SSSR count). The van der Waals surface area contributed by atoms with Crippen LogP contribution in [0.2, 0.25) is 0 Å². The number of fused-ring (bicyclic) bond motifs is 1. The van der Waals surface area contributed by atoms with Crippen molar-refractivity contribution in [3.05, 3.63) is 76.2 Å². The molecule has 2 amide bonds. The Morgan fingerprint density at radius 2 is 1.76 bits per heavy atom. The van der Waals surface area contributed by atoms with Crippen molar-refractivity contribution in [2.24, 2.45) is 0 Å². The van der Waals surface area contributed by atoms with Gasteiger partial charge in [0.25, 0.3) is 5.91 Å². The first-order valence-corrected chi connectivity index (χ1v) is 12.3. The average Bonchev–Trinajstić information content (AvgIpc) is 3.55. The van der Waals surface area contributed by atoms with Crippen LogP contribution >= 0.6 is 11.3 Å². The minimum Gasteiger partial charge on any atom is -0.454 e. The Labute approximate surface area is 201 Å². The maximum Gasteiger partial charge on any atom is 0.269 e. The number of hydrogen-bond donors (Lipinski definition) is 1. The summed E-state index contributed by atoms with van der Waals surface area (Å²) < 4.78 is 24.7. The second kappa shape index (κ2) is 9.85. The van der Waals surface area contributed by atoms with Gasteiger partial charge in [0.1, 0.15) is 11.9 Å². The zero-order chi connectivity index (χ0) is 23.5. The van der Waals surface area contributed by atoms with Gasteiger partial charge in [0.2, 0.25) is 12.7 Å². The summed E-state index contributed by atoms with van der Waals surface area (Å²) in [7, 11) is 0. The Kier molecular flexibility index (Phi) is 6.49. The second-order valence-electron chi connectivity index (χ2n) is 8.49. The molecule has 1 aliphatic heterocycles. The molecule has 2 aliphatic rings.